The number of aromatic nitrogens is 1. The Balaban J connectivity index is 2.61. The molecule has 0 atom stereocenters. The minimum atomic E-state index is -0.0677. The van der Waals surface area contributed by atoms with Crippen LogP contribution in [-0.4, -0.2) is 17.4 Å². The predicted octanol–water partition coefficient (Wildman–Crippen LogP) is 1.98. The molecule has 1 aromatic rings. The molecular weight excluding hydrogens is 232 g/mol. The van der Waals surface area contributed by atoms with Crippen LogP contribution in [0.3, 0.4) is 0 Å². The molecule has 0 saturated carbocycles. The Kier molecular flexibility index (Phi) is 3.89. The van der Waals surface area contributed by atoms with E-state index < -0.39 is 0 Å². The van der Waals surface area contributed by atoms with Crippen molar-refractivity contribution in [1.29, 1.82) is 0 Å². The zero-order chi connectivity index (χ0) is 9.68. The molecule has 0 saturated heterocycles. The van der Waals surface area contributed by atoms with E-state index in [1.54, 1.807) is 18.3 Å². The highest BCUT2D eigenvalue weighted by molar-refractivity contribution is 9.10. The average Bonchev–Trinajstić information content (AvgIpc) is 2.15. The maximum absolute atomic E-state index is 11.3. The molecule has 0 fully saturated rings. The Morgan fingerprint density at radius 3 is 2.92 bits per heavy atom. The number of carbonyl (C=O) groups is 1. The molecule has 1 rings (SSSR count). The van der Waals surface area contributed by atoms with Crippen LogP contribution in [0.2, 0.25) is 0 Å². The summed E-state index contributed by atoms with van der Waals surface area (Å²) in [7, 11) is 0. The number of amides is 1. The third kappa shape index (κ3) is 3.14. The molecule has 0 bridgehead atoms. The van der Waals surface area contributed by atoms with Gasteiger partial charge < -0.3 is 5.32 Å². The number of pyridine rings is 1. The normalized spacial score (nSPS) is 9.69. The summed E-state index contributed by atoms with van der Waals surface area (Å²) in [5.41, 5.74) is 0.594. The molecular formula is C9H11BrN2O. The number of rotatable bonds is 3. The first-order valence-electron chi connectivity index (χ1n) is 4.13. The lowest BCUT2D eigenvalue weighted by atomic mass is 10.2. The van der Waals surface area contributed by atoms with E-state index in [4.69, 9.17) is 0 Å². The van der Waals surface area contributed by atoms with Crippen LogP contribution in [0.1, 0.15) is 23.7 Å². The maximum Gasteiger partial charge on any atom is 0.252 e. The lowest BCUT2D eigenvalue weighted by molar-refractivity contribution is 0.0953. The van der Waals surface area contributed by atoms with Crippen LogP contribution in [0.25, 0.3) is 0 Å². The van der Waals surface area contributed by atoms with Crippen molar-refractivity contribution < 1.29 is 4.79 Å². The molecule has 1 amide bonds. The van der Waals surface area contributed by atoms with Crippen molar-refractivity contribution in [1.82, 2.24) is 10.3 Å². The Morgan fingerprint density at radius 2 is 2.38 bits per heavy atom. The fourth-order valence-electron chi connectivity index (χ4n) is 0.851. The number of nitrogens with zero attached hydrogens (tertiary/aromatic N) is 1. The molecule has 0 aliphatic heterocycles. The SMILES string of the molecule is CCCNC(=O)c1ccc(Br)nc1. The van der Waals surface area contributed by atoms with Crippen molar-refractivity contribution in [2.24, 2.45) is 0 Å². The van der Waals surface area contributed by atoms with Crippen molar-refractivity contribution in [3.63, 3.8) is 0 Å². The average molecular weight is 243 g/mol. The quantitative estimate of drug-likeness (QED) is 0.825. The van der Waals surface area contributed by atoms with Gasteiger partial charge in [0.2, 0.25) is 0 Å². The van der Waals surface area contributed by atoms with Crippen LogP contribution in [0.15, 0.2) is 22.9 Å². The van der Waals surface area contributed by atoms with Crippen molar-refractivity contribution in [2.75, 3.05) is 6.54 Å². The van der Waals surface area contributed by atoms with Crippen molar-refractivity contribution in [3.05, 3.63) is 28.5 Å². The van der Waals surface area contributed by atoms with Gasteiger partial charge in [-0.1, -0.05) is 6.92 Å². The fourth-order valence-corrected chi connectivity index (χ4v) is 1.09. The van der Waals surface area contributed by atoms with E-state index >= 15 is 0 Å². The summed E-state index contributed by atoms with van der Waals surface area (Å²) in [5.74, 6) is -0.0677. The molecule has 4 heteroatoms. The smallest absolute Gasteiger partial charge is 0.252 e. The standard InChI is InChI=1S/C9H11BrN2O/c1-2-5-11-9(13)7-3-4-8(10)12-6-7/h3-4,6H,2,5H2,1H3,(H,11,13). The van der Waals surface area contributed by atoms with Gasteiger partial charge in [-0.2, -0.15) is 0 Å². The minimum absolute atomic E-state index is 0.0677. The number of halogens is 1. The van der Waals surface area contributed by atoms with Gasteiger partial charge in [0, 0.05) is 12.7 Å². The Labute approximate surface area is 85.7 Å². The maximum atomic E-state index is 11.3. The molecule has 3 nitrogen and oxygen atoms in total. The molecule has 1 N–H and O–H groups in total. The van der Waals surface area contributed by atoms with Gasteiger partial charge in [0.15, 0.2) is 0 Å². The first-order chi connectivity index (χ1) is 6.24. The van der Waals surface area contributed by atoms with Crippen LogP contribution in [0.4, 0.5) is 0 Å². The minimum Gasteiger partial charge on any atom is -0.352 e. The van der Waals surface area contributed by atoms with Gasteiger partial charge in [-0.05, 0) is 34.5 Å². The molecule has 70 valence electrons. The molecule has 0 radical (unpaired) electrons. The summed E-state index contributed by atoms with van der Waals surface area (Å²) < 4.78 is 0.736. The van der Waals surface area contributed by atoms with Crippen LogP contribution in [0, 0.1) is 0 Å². The molecule has 0 aliphatic rings. The zero-order valence-electron chi connectivity index (χ0n) is 7.38. The van der Waals surface area contributed by atoms with Crippen LogP contribution in [0.5, 0.6) is 0 Å². The van der Waals surface area contributed by atoms with Gasteiger partial charge in [0.05, 0.1) is 5.56 Å². The fraction of sp³-hybridized carbons (Fsp3) is 0.333. The van der Waals surface area contributed by atoms with E-state index in [-0.39, 0.29) is 5.91 Å². The Morgan fingerprint density at radius 1 is 1.62 bits per heavy atom. The van der Waals surface area contributed by atoms with E-state index in [1.165, 1.54) is 0 Å². The molecule has 0 unspecified atom stereocenters. The van der Waals surface area contributed by atoms with Crippen LogP contribution in [-0.2, 0) is 0 Å². The molecule has 0 aliphatic carbocycles. The lowest BCUT2D eigenvalue weighted by Gasteiger charge is -2.02. The summed E-state index contributed by atoms with van der Waals surface area (Å²) in [6, 6.07) is 3.49. The number of hydrogen-bond donors (Lipinski definition) is 1. The largest absolute Gasteiger partial charge is 0.352 e. The second-order valence-corrected chi connectivity index (χ2v) is 3.44. The second-order valence-electron chi connectivity index (χ2n) is 2.63. The Hall–Kier alpha value is -0.900. The summed E-state index contributed by atoms with van der Waals surface area (Å²) in [5, 5.41) is 2.77. The third-order valence-electron chi connectivity index (χ3n) is 1.53. The number of carbonyl (C=O) groups excluding carboxylic acids is 1. The van der Waals surface area contributed by atoms with Crippen LogP contribution < -0.4 is 5.32 Å². The molecule has 0 aromatic carbocycles. The monoisotopic (exact) mass is 242 g/mol. The zero-order valence-corrected chi connectivity index (χ0v) is 8.97. The topological polar surface area (TPSA) is 42.0 Å². The summed E-state index contributed by atoms with van der Waals surface area (Å²) in [6.45, 7) is 2.72. The summed E-state index contributed by atoms with van der Waals surface area (Å²) in [4.78, 5) is 15.3. The first kappa shape index (κ1) is 10.2. The van der Waals surface area contributed by atoms with E-state index in [0.717, 1.165) is 11.0 Å². The van der Waals surface area contributed by atoms with Crippen molar-refractivity contribution in [3.8, 4) is 0 Å². The van der Waals surface area contributed by atoms with Gasteiger partial charge in [-0.25, -0.2) is 4.98 Å². The number of hydrogen-bond acceptors (Lipinski definition) is 2. The van der Waals surface area contributed by atoms with Gasteiger partial charge in [0.1, 0.15) is 4.60 Å². The van der Waals surface area contributed by atoms with Crippen LogP contribution >= 0.6 is 15.9 Å². The number of nitrogens with one attached hydrogen (secondary N) is 1. The first-order valence-corrected chi connectivity index (χ1v) is 4.93. The summed E-state index contributed by atoms with van der Waals surface area (Å²) in [6.07, 6.45) is 2.49. The molecule has 1 heterocycles. The predicted molar refractivity (Wildman–Crippen MR) is 54.6 cm³/mol. The van der Waals surface area contributed by atoms with E-state index in [2.05, 4.69) is 26.2 Å². The molecule has 13 heavy (non-hydrogen) atoms. The molecule has 0 spiro atoms. The van der Waals surface area contributed by atoms with Gasteiger partial charge in [-0.3, -0.25) is 4.79 Å². The van der Waals surface area contributed by atoms with E-state index in [0.29, 0.717) is 12.1 Å². The second kappa shape index (κ2) is 4.97. The highest BCUT2D eigenvalue weighted by Crippen LogP contribution is 2.05. The van der Waals surface area contributed by atoms with Gasteiger partial charge in [0.25, 0.3) is 5.91 Å². The molecule has 1 aromatic heterocycles. The van der Waals surface area contributed by atoms with Gasteiger partial charge >= 0.3 is 0 Å². The van der Waals surface area contributed by atoms with Crippen molar-refractivity contribution in [2.45, 2.75) is 13.3 Å². The highest BCUT2D eigenvalue weighted by atomic mass is 79.9. The lowest BCUT2D eigenvalue weighted by Crippen LogP contribution is -2.23. The Bertz CT molecular complexity index is 284. The third-order valence-corrected chi connectivity index (χ3v) is 1.99. The summed E-state index contributed by atoms with van der Waals surface area (Å²) >= 11 is 3.20. The highest BCUT2D eigenvalue weighted by Gasteiger charge is 2.03. The van der Waals surface area contributed by atoms with E-state index in [1.807, 2.05) is 6.92 Å². The van der Waals surface area contributed by atoms with Crippen molar-refractivity contribution >= 4 is 21.8 Å². The van der Waals surface area contributed by atoms with E-state index in [9.17, 15) is 4.79 Å². The van der Waals surface area contributed by atoms with Gasteiger partial charge in [-0.15, -0.1) is 0 Å².